The fraction of sp³-hybridized carbons (Fsp3) is 0.636. The molecule has 1 heterocycles. The molecule has 17 heavy (non-hydrogen) atoms. The van der Waals surface area contributed by atoms with E-state index in [0.29, 0.717) is 11.6 Å². The first-order chi connectivity index (χ1) is 7.84. The number of aryl methyl sites for hydroxylation is 1. The zero-order valence-corrected chi connectivity index (χ0v) is 10.2. The largest absolute Gasteiger partial charge is 0.390 e. The number of anilines is 1. The molecule has 4 nitrogen and oxygen atoms in total. The summed E-state index contributed by atoms with van der Waals surface area (Å²) in [6.45, 7) is 3.82. The number of aliphatic hydroxyl groups is 1. The highest BCUT2D eigenvalue weighted by molar-refractivity contribution is 5.36. The summed E-state index contributed by atoms with van der Waals surface area (Å²) < 4.78 is 25.7. The first-order valence-corrected chi connectivity index (χ1v) is 5.42. The Morgan fingerprint density at radius 1 is 1.41 bits per heavy atom. The van der Waals surface area contributed by atoms with E-state index in [1.165, 1.54) is 0 Å². The minimum atomic E-state index is -3.14. The summed E-state index contributed by atoms with van der Waals surface area (Å²) in [5.41, 5.74) is 0.721. The second kappa shape index (κ2) is 5.35. The number of aromatic nitrogens is 2. The number of rotatable bonds is 5. The van der Waals surface area contributed by atoms with Gasteiger partial charge in [0, 0.05) is 17.7 Å². The van der Waals surface area contributed by atoms with E-state index in [9.17, 15) is 8.78 Å². The molecule has 96 valence electrons. The maximum atomic E-state index is 12.8. The normalized spacial score (nSPS) is 11.9. The molecule has 0 saturated heterocycles. The third-order valence-electron chi connectivity index (χ3n) is 2.15. The SMILES string of the molecule is Cc1cc(NCC(F)(F)CO)nc(C(C)C)n1. The van der Waals surface area contributed by atoms with Crippen LogP contribution >= 0.6 is 0 Å². The van der Waals surface area contributed by atoms with Crippen LogP contribution in [0.3, 0.4) is 0 Å². The second-order valence-electron chi connectivity index (χ2n) is 4.28. The Kier molecular flexibility index (Phi) is 4.34. The van der Waals surface area contributed by atoms with Gasteiger partial charge in [-0.1, -0.05) is 13.8 Å². The van der Waals surface area contributed by atoms with Crippen molar-refractivity contribution < 1.29 is 13.9 Å². The molecule has 0 unspecified atom stereocenters. The molecule has 0 saturated carbocycles. The van der Waals surface area contributed by atoms with E-state index < -0.39 is 19.1 Å². The molecule has 1 aromatic heterocycles. The predicted molar refractivity (Wildman–Crippen MR) is 61.4 cm³/mol. The Labute approximate surface area is 99.1 Å². The maximum absolute atomic E-state index is 12.8. The average Bonchev–Trinajstić information content (AvgIpc) is 2.26. The molecule has 1 rings (SSSR count). The third-order valence-corrected chi connectivity index (χ3v) is 2.15. The van der Waals surface area contributed by atoms with Crippen LogP contribution in [-0.4, -0.2) is 34.1 Å². The lowest BCUT2D eigenvalue weighted by molar-refractivity contribution is -0.0373. The van der Waals surface area contributed by atoms with Crippen molar-refractivity contribution in [2.45, 2.75) is 32.6 Å². The van der Waals surface area contributed by atoms with Gasteiger partial charge in [0.25, 0.3) is 5.92 Å². The molecule has 0 aromatic carbocycles. The molecule has 0 spiro atoms. The maximum Gasteiger partial charge on any atom is 0.287 e. The van der Waals surface area contributed by atoms with Crippen LogP contribution in [0.5, 0.6) is 0 Å². The van der Waals surface area contributed by atoms with Gasteiger partial charge in [0.2, 0.25) is 0 Å². The number of nitrogens with zero attached hydrogens (tertiary/aromatic N) is 2. The minimum absolute atomic E-state index is 0.133. The van der Waals surface area contributed by atoms with Gasteiger partial charge < -0.3 is 10.4 Å². The summed E-state index contributed by atoms with van der Waals surface area (Å²) in [5, 5.41) is 11.0. The van der Waals surface area contributed by atoms with Gasteiger partial charge in [-0.25, -0.2) is 18.7 Å². The summed E-state index contributed by atoms with van der Waals surface area (Å²) in [6, 6.07) is 1.60. The number of hydrogen-bond acceptors (Lipinski definition) is 4. The van der Waals surface area contributed by atoms with E-state index in [4.69, 9.17) is 5.11 Å². The van der Waals surface area contributed by atoms with Crippen molar-refractivity contribution in [3.05, 3.63) is 17.6 Å². The molecule has 0 aliphatic heterocycles. The molecule has 0 radical (unpaired) electrons. The van der Waals surface area contributed by atoms with Gasteiger partial charge in [-0.05, 0) is 6.92 Å². The van der Waals surface area contributed by atoms with Gasteiger partial charge >= 0.3 is 0 Å². The molecule has 2 N–H and O–H groups in total. The number of halogens is 2. The molecule has 0 bridgehead atoms. The highest BCUT2D eigenvalue weighted by atomic mass is 19.3. The monoisotopic (exact) mass is 245 g/mol. The molecule has 0 fully saturated rings. The summed E-state index contributed by atoms with van der Waals surface area (Å²) in [7, 11) is 0. The highest BCUT2D eigenvalue weighted by Crippen LogP contribution is 2.16. The van der Waals surface area contributed by atoms with E-state index in [0.717, 1.165) is 5.69 Å². The molecule has 0 aliphatic rings. The van der Waals surface area contributed by atoms with Crippen molar-refractivity contribution in [3.63, 3.8) is 0 Å². The number of aliphatic hydroxyl groups excluding tert-OH is 1. The number of nitrogens with one attached hydrogen (secondary N) is 1. The molecular weight excluding hydrogens is 228 g/mol. The Hall–Kier alpha value is -1.30. The zero-order chi connectivity index (χ0) is 13.1. The quantitative estimate of drug-likeness (QED) is 0.832. The van der Waals surface area contributed by atoms with Crippen LogP contribution in [0.4, 0.5) is 14.6 Å². The lowest BCUT2D eigenvalue weighted by atomic mass is 10.2. The van der Waals surface area contributed by atoms with Crippen LogP contribution in [0.2, 0.25) is 0 Å². The van der Waals surface area contributed by atoms with Crippen molar-refractivity contribution in [1.82, 2.24) is 9.97 Å². The van der Waals surface area contributed by atoms with Gasteiger partial charge in [0.05, 0.1) is 6.54 Å². The van der Waals surface area contributed by atoms with Crippen LogP contribution in [-0.2, 0) is 0 Å². The van der Waals surface area contributed by atoms with Gasteiger partial charge in [-0.3, -0.25) is 0 Å². The van der Waals surface area contributed by atoms with E-state index in [1.807, 2.05) is 13.8 Å². The van der Waals surface area contributed by atoms with Crippen molar-refractivity contribution in [1.29, 1.82) is 0 Å². The highest BCUT2D eigenvalue weighted by Gasteiger charge is 2.27. The average molecular weight is 245 g/mol. The Balaban J connectivity index is 2.78. The van der Waals surface area contributed by atoms with E-state index >= 15 is 0 Å². The summed E-state index contributed by atoms with van der Waals surface area (Å²) in [4.78, 5) is 8.34. The predicted octanol–water partition coefficient (Wildman–Crippen LogP) is 1.95. The first kappa shape index (κ1) is 13.8. The van der Waals surface area contributed by atoms with Gasteiger partial charge in [-0.2, -0.15) is 0 Å². The molecule has 0 aliphatic carbocycles. The fourth-order valence-electron chi connectivity index (χ4n) is 1.22. The van der Waals surface area contributed by atoms with Gasteiger partial charge in [0.1, 0.15) is 18.2 Å². The molecule has 1 aromatic rings. The zero-order valence-electron chi connectivity index (χ0n) is 10.2. The topological polar surface area (TPSA) is 58.0 Å². The van der Waals surface area contributed by atoms with Gasteiger partial charge in [0.15, 0.2) is 0 Å². The second-order valence-corrected chi connectivity index (χ2v) is 4.28. The van der Waals surface area contributed by atoms with E-state index in [1.54, 1.807) is 13.0 Å². The van der Waals surface area contributed by atoms with E-state index in [2.05, 4.69) is 15.3 Å². The standard InChI is InChI=1S/C11H17F2N3O/c1-7(2)10-15-8(3)4-9(16-10)14-5-11(12,13)6-17/h4,7,17H,5-6H2,1-3H3,(H,14,15,16). The van der Waals surface area contributed by atoms with Crippen LogP contribution in [0, 0.1) is 6.92 Å². The van der Waals surface area contributed by atoms with Crippen molar-refractivity contribution in [3.8, 4) is 0 Å². The van der Waals surface area contributed by atoms with Gasteiger partial charge in [-0.15, -0.1) is 0 Å². The minimum Gasteiger partial charge on any atom is -0.390 e. The Morgan fingerprint density at radius 3 is 2.59 bits per heavy atom. The molecule has 0 amide bonds. The third kappa shape index (κ3) is 4.22. The van der Waals surface area contributed by atoms with Crippen molar-refractivity contribution >= 4 is 5.82 Å². The summed E-state index contributed by atoms with van der Waals surface area (Å²) >= 11 is 0. The lowest BCUT2D eigenvalue weighted by Gasteiger charge is -2.15. The van der Waals surface area contributed by atoms with E-state index in [-0.39, 0.29) is 5.92 Å². The van der Waals surface area contributed by atoms with Crippen molar-refractivity contribution in [2.24, 2.45) is 0 Å². The van der Waals surface area contributed by atoms with Crippen LogP contribution in [0.25, 0.3) is 0 Å². The Bertz CT molecular complexity index is 383. The fourth-order valence-corrected chi connectivity index (χ4v) is 1.22. The van der Waals surface area contributed by atoms with Crippen LogP contribution in [0.15, 0.2) is 6.07 Å². The first-order valence-electron chi connectivity index (χ1n) is 5.42. The van der Waals surface area contributed by atoms with Crippen LogP contribution < -0.4 is 5.32 Å². The number of hydrogen-bond donors (Lipinski definition) is 2. The number of alkyl halides is 2. The van der Waals surface area contributed by atoms with Crippen LogP contribution in [0.1, 0.15) is 31.3 Å². The van der Waals surface area contributed by atoms with Crippen molar-refractivity contribution in [2.75, 3.05) is 18.5 Å². The Morgan fingerprint density at radius 2 is 2.06 bits per heavy atom. The molecule has 6 heteroatoms. The summed E-state index contributed by atoms with van der Waals surface area (Å²) in [5.74, 6) is -2.04. The summed E-state index contributed by atoms with van der Waals surface area (Å²) in [6.07, 6.45) is 0. The molecular formula is C11H17F2N3O. The lowest BCUT2D eigenvalue weighted by Crippen LogP contribution is -2.31. The smallest absolute Gasteiger partial charge is 0.287 e. The molecule has 0 atom stereocenters.